The second-order valence-electron chi connectivity index (χ2n) is 6.14. The number of anilines is 1. The SMILES string of the molecule is CCOc1c(Br)cc(C(=O)NC(C)c2ccc(NC(=O)CC)cc2)cc1OC. The van der Waals surface area contributed by atoms with Gasteiger partial charge in [0.15, 0.2) is 11.5 Å². The number of ether oxygens (including phenoxy) is 2. The first-order valence-electron chi connectivity index (χ1n) is 9.10. The van der Waals surface area contributed by atoms with Gasteiger partial charge in [0.1, 0.15) is 0 Å². The van der Waals surface area contributed by atoms with Crippen molar-refractivity contribution in [2.24, 2.45) is 0 Å². The van der Waals surface area contributed by atoms with Crippen LogP contribution in [0.2, 0.25) is 0 Å². The van der Waals surface area contributed by atoms with Gasteiger partial charge >= 0.3 is 0 Å². The Morgan fingerprint density at radius 1 is 1.14 bits per heavy atom. The van der Waals surface area contributed by atoms with Gasteiger partial charge in [-0.2, -0.15) is 0 Å². The van der Waals surface area contributed by atoms with E-state index in [0.29, 0.717) is 34.6 Å². The highest BCUT2D eigenvalue weighted by Gasteiger charge is 2.17. The van der Waals surface area contributed by atoms with Gasteiger partial charge in [0.2, 0.25) is 5.91 Å². The van der Waals surface area contributed by atoms with Crippen molar-refractivity contribution in [3.63, 3.8) is 0 Å². The van der Waals surface area contributed by atoms with Gasteiger partial charge in [-0.3, -0.25) is 9.59 Å². The van der Waals surface area contributed by atoms with E-state index >= 15 is 0 Å². The van der Waals surface area contributed by atoms with Gasteiger partial charge in [-0.05, 0) is 59.6 Å². The summed E-state index contributed by atoms with van der Waals surface area (Å²) in [5.41, 5.74) is 2.12. The number of methoxy groups -OCH3 is 1. The van der Waals surface area contributed by atoms with Crippen LogP contribution < -0.4 is 20.1 Å². The minimum Gasteiger partial charge on any atom is -0.493 e. The molecule has 0 aliphatic rings. The lowest BCUT2D eigenvalue weighted by molar-refractivity contribution is -0.115. The fourth-order valence-electron chi connectivity index (χ4n) is 2.60. The van der Waals surface area contributed by atoms with E-state index in [4.69, 9.17) is 9.47 Å². The van der Waals surface area contributed by atoms with Gasteiger partial charge < -0.3 is 20.1 Å². The molecule has 0 aliphatic carbocycles. The molecular weight excluding hydrogens is 424 g/mol. The number of benzene rings is 2. The number of hydrogen-bond acceptors (Lipinski definition) is 4. The summed E-state index contributed by atoms with van der Waals surface area (Å²) in [6.07, 6.45) is 0.426. The number of nitrogens with one attached hydrogen (secondary N) is 2. The minimum absolute atomic E-state index is 0.0378. The minimum atomic E-state index is -0.224. The van der Waals surface area contributed by atoms with Crippen LogP contribution in [0.25, 0.3) is 0 Å². The molecule has 0 saturated heterocycles. The van der Waals surface area contributed by atoms with E-state index in [9.17, 15) is 9.59 Å². The van der Waals surface area contributed by atoms with Crippen molar-refractivity contribution in [2.45, 2.75) is 33.2 Å². The first-order chi connectivity index (χ1) is 13.4. The van der Waals surface area contributed by atoms with E-state index in [0.717, 1.165) is 11.3 Å². The molecule has 1 unspecified atom stereocenters. The molecule has 2 N–H and O–H groups in total. The first kappa shape index (κ1) is 21.8. The monoisotopic (exact) mass is 448 g/mol. The molecule has 2 amide bonds. The highest BCUT2D eigenvalue weighted by atomic mass is 79.9. The summed E-state index contributed by atoms with van der Waals surface area (Å²) >= 11 is 3.43. The van der Waals surface area contributed by atoms with Gasteiger partial charge in [-0.1, -0.05) is 19.1 Å². The molecule has 0 fully saturated rings. The van der Waals surface area contributed by atoms with E-state index < -0.39 is 0 Å². The average Bonchev–Trinajstić information content (AvgIpc) is 2.69. The van der Waals surface area contributed by atoms with Gasteiger partial charge in [0, 0.05) is 17.7 Å². The summed E-state index contributed by atoms with van der Waals surface area (Å²) in [5.74, 6) is 0.798. The molecule has 0 saturated carbocycles. The summed E-state index contributed by atoms with van der Waals surface area (Å²) in [4.78, 5) is 24.1. The molecule has 0 spiro atoms. The number of hydrogen-bond donors (Lipinski definition) is 2. The third-order valence-corrected chi connectivity index (χ3v) is 4.73. The van der Waals surface area contributed by atoms with Crippen LogP contribution >= 0.6 is 15.9 Å². The van der Waals surface area contributed by atoms with E-state index in [1.165, 1.54) is 7.11 Å². The predicted molar refractivity (Wildman–Crippen MR) is 113 cm³/mol. The normalized spacial score (nSPS) is 11.5. The second-order valence-corrected chi connectivity index (χ2v) is 7.00. The average molecular weight is 449 g/mol. The van der Waals surface area contributed by atoms with Crippen LogP contribution in [0.15, 0.2) is 40.9 Å². The van der Waals surface area contributed by atoms with Crippen LogP contribution in [0.3, 0.4) is 0 Å². The van der Waals surface area contributed by atoms with Gasteiger partial charge in [0.25, 0.3) is 5.91 Å². The molecule has 2 aromatic carbocycles. The molecule has 7 heteroatoms. The van der Waals surface area contributed by atoms with Crippen molar-refractivity contribution in [3.05, 3.63) is 52.0 Å². The Morgan fingerprint density at radius 3 is 2.39 bits per heavy atom. The number of amides is 2. The molecule has 150 valence electrons. The summed E-state index contributed by atoms with van der Waals surface area (Å²) in [7, 11) is 1.54. The zero-order chi connectivity index (χ0) is 20.7. The zero-order valence-electron chi connectivity index (χ0n) is 16.5. The van der Waals surface area contributed by atoms with Crippen molar-refractivity contribution in [3.8, 4) is 11.5 Å². The molecule has 0 heterocycles. The number of carbonyl (C=O) groups excluding carboxylic acids is 2. The van der Waals surface area contributed by atoms with Gasteiger partial charge in [-0.25, -0.2) is 0 Å². The Bertz CT molecular complexity index is 837. The standard InChI is InChI=1S/C21H25BrN2O4/c1-5-19(25)24-16-9-7-14(8-10-16)13(3)23-21(26)15-11-17(22)20(28-6-2)18(12-15)27-4/h7-13H,5-6H2,1-4H3,(H,23,26)(H,24,25). The maximum atomic E-state index is 12.7. The van der Waals surface area contributed by atoms with Crippen molar-refractivity contribution in [1.82, 2.24) is 5.32 Å². The Labute approximate surface area is 173 Å². The number of rotatable bonds is 8. The Kier molecular flexibility index (Phi) is 7.87. The van der Waals surface area contributed by atoms with E-state index in [1.54, 1.807) is 19.1 Å². The zero-order valence-corrected chi connectivity index (χ0v) is 18.1. The fourth-order valence-corrected chi connectivity index (χ4v) is 3.16. The lowest BCUT2D eigenvalue weighted by Gasteiger charge is -2.17. The highest BCUT2D eigenvalue weighted by Crippen LogP contribution is 2.36. The lowest BCUT2D eigenvalue weighted by Crippen LogP contribution is -2.26. The molecule has 0 bridgehead atoms. The summed E-state index contributed by atoms with van der Waals surface area (Å²) in [5, 5.41) is 5.77. The smallest absolute Gasteiger partial charge is 0.251 e. The molecule has 6 nitrogen and oxygen atoms in total. The van der Waals surface area contributed by atoms with Crippen molar-refractivity contribution >= 4 is 33.4 Å². The maximum Gasteiger partial charge on any atom is 0.251 e. The summed E-state index contributed by atoms with van der Waals surface area (Å²) in [6, 6.07) is 10.6. The maximum absolute atomic E-state index is 12.7. The van der Waals surface area contributed by atoms with Crippen molar-refractivity contribution in [1.29, 1.82) is 0 Å². The van der Waals surface area contributed by atoms with Crippen LogP contribution in [0, 0.1) is 0 Å². The van der Waals surface area contributed by atoms with E-state index in [1.807, 2.05) is 38.1 Å². The Hall–Kier alpha value is -2.54. The third-order valence-electron chi connectivity index (χ3n) is 4.14. The first-order valence-corrected chi connectivity index (χ1v) is 9.89. The highest BCUT2D eigenvalue weighted by molar-refractivity contribution is 9.10. The van der Waals surface area contributed by atoms with Crippen molar-refractivity contribution in [2.75, 3.05) is 19.0 Å². The summed E-state index contributed by atoms with van der Waals surface area (Å²) < 4.78 is 11.6. The van der Waals surface area contributed by atoms with Crippen LogP contribution in [0.4, 0.5) is 5.69 Å². The number of halogens is 1. The molecule has 2 aromatic rings. The molecule has 0 aliphatic heterocycles. The number of carbonyl (C=O) groups is 2. The third kappa shape index (κ3) is 5.48. The second kappa shape index (κ2) is 10.1. The lowest BCUT2D eigenvalue weighted by atomic mass is 10.1. The molecular formula is C21H25BrN2O4. The molecule has 28 heavy (non-hydrogen) atoms. The largest absolute Gasteiger partial charge is 0.493 e. The van der Waals surface area contributed by atoms with Crippen LogP contribution in [0.1, 0.15) is 49.2 Å². The molecule has 1 atom stereocenters. The molecule has 0 aromatic heterocycles. The van der Waals surface area contributed by atoms with Gasteiger partial charge in [-0.15, -0.1) is 0 Å². The topological polar surface area (TPSA) is 76.7 Å². The van der Waals surface area contributed by atoms with E-state index in [-0.39, 0.29) is 17.9 Å². The van der Waals surface area contributed by atoms with Crippen LogP contribution in [-0.4, -0.2) is 25.5 Å². The van der Waals surface area contributed by atoms with Gasteiger partial charge in [0.05, 0.1) is 24.2 Å². The molecule has 2 rings (SSSR count). The van der Waals surface area contributed by atoms with E-state index in [2.05, 4.69) is 26.6 Å². The predicted octanol–water partition coefficient (Wildman–Crippen LogP) is 4.70. The quantitative estimate of drug-likeness (QED) is 0.613. The Balaban J connectivity index is 2.11. The summed E-state index contributed by atoms with van der Waals surface area (Å²) in [6.45, 7) is 6.08. The van der Waals surface area contributed by atoms with Crippen LogP contribution in [0.5, 0.6) is 11.5 Å². The van der Waals surface area contributed by atoms with Crippen molar-refractivity contribution < 1.29 is 19.1 Å². The molecule has 0 radical (unpaired) electrons. The Morgan fingerprint density at radius 2 is 1.82 bits per heavy atom. The fraction of sp³-hybridized carbons (Fsp3) is 0.333. The van der Waals surface area contributed by atoms with Crippen LogP contribution in [-0.2, 0) is 4.79 Å².